The summed E-state index contributed by atoms with van der Waals surface area (Å²) in [6.45, 7) is 12.8. The quantitative estimate of drug-likeness (QED) is 0.390. The molecule has 0 amide bonds. The normalized spacial score (nSPS) is 31.9. The monoisotopic (exact) mass is 538 g/mol. The van der Waals surface area contributed by atoms with Gasteiger partial charge in [0.15, 0.2) is 0 Å². The number of aliphatic hydroxyl groups is 2. The van der Waals surface area contributed by atoms with Gasteiger partial charge in [-0.1, -0.05) is 95.3 Å². The smallest absolute Gasteiger partial charge is 0.306 e. The van der Waals surface area contributed by atoms with E-state index in [4.69, 9.17) is 9.16 Å². The van der Waals surface area contributed by atoms with Gasteiger partial charge < -0.3 is 19.4 Å². The minimum atomic E-state index is -2.78. The Morgan fingerprint density at radius 3 is 2.08 bits per heavy atom. The zero-order chi connectivity index (χ0) is 27.7. The molecular weight excluding hydrogens is 492 g/mol. The van der Waals surface area contributed by atoms with E-state index < -0.39 is 26.1 Å². The van der Waals surface area contributed by atoms with Gasteiger partial charge in [-0.25, -0.2) is 0 Å². The predicted octanol–water partition coefficient (Wildman–Crippen LogP) is 4.82. The Balaban J connectivity index is 1.69. The van der Waals surface area contributed by atoms with Crippen molar-refractivity contribution >= 4 is 24.7 Å². The molecule has 0 aromatic heterocycles. The maximum Gasteiger partial charge on any atom is 0.306 e. The summed E-state index contributed by atoms with van der Waals surface area (Å²) >= 11 is 0. The standard InChI is InChI=1S/C32H46O5Si/c1-7-14-29(34)36-23-19-27(33)30-22(2)28(20-26(30)32(6,35)21-23)37-38(31(3,4)5,24-15-10-8-11-16-24)25-17-12-9-13-18-25/h8-13,15-18,22-23,26-28,30,33,35H,7,14,19-21H2,1-6H3/t22-,23+,26-,27+,28-,30+,32-/m0/s1. The van der Waals surface area contributed by atoms with Gasteiger partial charge in [0.25, 0.3) is 8.32 Å². The van der Waals surface area contributed by atoms with E-state index >= 15 is 0 Å². The molecule has 0 bridgehead atoms. The number of esters is 1. The van der Waals surface area contributed by atoms with Crippen molar-refractivity contribution in [3.8, 4) is 0 Å². The van der Waals surface area contributed by atoms with Crippen molar-refractivity contribution in [3.63, 3.8) is 0 Å². The highest BCUT2D eigenvalue weighted by atomic mass is 28.4. The van der Waals surface area contributed by atoms with Crippen LogP contribution in [0.3, 0.4) is 0 Å². The van der Waals surface area contributed by atoms with E-state index in [9.17, 15) is 15.0 Å². The highest BCUT2D eigenvalue weighted by molar-refractivity contribution is 6.99. The summed E-state index contributed by atoms with van der Waals surface area (Å²) in [4.78, 5) is 12.2. The molecule has 2 aromatic rings. The van der Waals surface area contributed by atoms with Crippen LogP contribution in [-0.2, 0) is 14.0 Å². The molecule has 4 rings (SSSR count). The third-order valence-electron chi connectivity index (χ3n) is 9.03. The summed E-state index contributed by atoms with van der Waals surface area (Å²) in [6.07, 6.45) is 1.15. The van der Waals surface area contributed by atoms with E-state index in [-0.39, 0.29) is 34.9 Å². The summed E-state index contributed by atoms with van der Waals surface area (Å²) in [5.74, 6) is -0.504. The van der Waals surface area contributed by atoms with E-state index in [2.05, 4.69) is 76.2 Å². The first kappa shape index (κ1) is 29.0. The molecule has 38 heavy (non-hydrogen) atoms. The molecule has 2 aromatic carbocycles. The molecule has 0 radical (unpaired) electrons. The van der Waals surface area contributed by atoms with Gasteiger partial charge in [0, 0.05) is 25.4 Å². The fourth-order valence-corrected chi connectivity index (χ4v) is 12.0. The first-order valence-corrected chi connectivity index (χ1v) is 16.2. The molecule has 6 heteroatoms. The average molecular weight is 539 g/mol. The lowest BCUT2D eigenvalue weighted by atomic mass is 9.77. The second kappa shape index (κ2) is 11.2. The Hall–Kier alpha value is -1.99. The molecule has 208 valence electrons. The number of hydrogen-bond acceptors (Lipinski definition) is 5. The lowest BCUT2D eigenvalue weighted by Gasteiger charge is -2.45. The van der Waals surface area contributed by atoms with Gasteiger partial charge in [0.05, 0.1) is 11.7 Å². The van der Waals surface area contributed by atoms with Crippen molar-refractivity contribution in [2.24, 2.45) is 17.8 Å². The van der Waals surface area contributed by atoms with Crippen LogP contribution in [0.15, 0.2) is 60.7 Å². The molecule has 2 aliphatic rings. The van der Waals surface area contributed by atoms with Crippen molar-refractivity contribution in [2.45, 2.75) is 103 Å². The number of fused-ring (bicyclic) bond motifs is 1. The number of aliphatic hydroxyl groups excluding tert-OH is 1. The topological polar surface area (TPSA) is 76.0 Å². The molecule has 0 spiro atoms. The summed E-state index contributed by atoms with van der Waals surface area (Å²) in [6, 6.07) is 21.2. The first-order chi connectivity index (χ1) is 17.9. The SMILES string of the molecule is CCCC(=O)O[C@@H]1C[C@@H](O)[C@@H]2[C@@H](C)[C@@H](O[Si](c3ccccc3)(c3ccccc3)C(C)(C)C)C[C@@H]2[C@@](C)(O)C1. The fourth-order valence-electron chi connectivity index (χ4n) is 7.26. The zero-order valence-corrected chi connectivity index (χ0v) is 24.9. The Morgan fingerprint density at radius 1 is 1.03 bits per heavy atom. The lowest BCUT2D eigenvalue weighted by molar-refractivity contribution is -0.153. The minimum Gasteiger partial charge on any atom is -0.462 e. The molecule has 0 unspecified atom stereocenters. The van der Waals surface area contributed by atoms with Gasteiger partial charge in [0.2, 0.25) is 0 Å². The van der Waals surface area contributed by atoms with Crippen molar-refractivity contribution < 1.29 is 24.2 Å². The molecule has 0 heterocycles. The molecule has 0 saturated heterocycles. The van der Waals surface area contributed by atoms with Crippen LogP contribution in [0.5, 0.6) is 0 Å². The van der Waals surface area contributed by atoms with Gasteiger partial charge in [-0.3, -0.25) is 4.79 Å². The zero-order valence-electron chi connectivity index (χ0n) is 23.9. The van der Waals surface area contributed by atoms with Crippen molar-refractivity contribution in [1.82, 2.24) is 0 Å². The Bertz CT molecular complexity index is 1020. The number of hydrogen-bond donors (Lipinski definition) is 2. The van der Waals surface area contributed by atoms with Crippen molar-refractivity contribution in [2.75, 3.05) is 0 Å². The number of ether oxygens (including phenoxy) is 1. The van der Waals surface area contributed by atoms with E-state index in [1.54, 1.807) is 0 Å². The number of benzene rings is 2. The Kier molecular flexibility index (Phi) is 8.58. The molecule has 7 atom stereocenters. The van der Waals surface area contributed by atoms with Crippen LogP contribution < -0.4 is 10.4 Å². The minimum absolute atomic E-state index is 0.0354. The summed E-state index contributed by atoms with van der Waals surface area (Å²) in [5.41, 5.74) is -1.07. The molecule has 5 nitrogen and oxygen atoms in total. The maximum absolute atomic E-state index is 12.2. The number of carbonyl (C=O) groups is 1. The van der Waals surface area contributed by atoms with Gasteiger partial charge in [-0.15, -0.1) is 0 Å². The van der Waals surface area contributed by atoms with Crippen molar-refractivity contribution in [3.05, 3.63) is 60.7 Å². The molecule has 2 aliphatic carbocycles. The van der Waals surface area contributed by atoms with Crippen LogP contribution in [0, 0.1) is 17.8 Å². The second-order valence-corrected chi connectivity index (χ2v) is 17.1. The third-order valence-corrected chi connectivity index (χ3v) is 14.1. The van der Waals surface area contributed by atoms with E-state index in [1.165, 1.54) is 10.4 Å². The van der Waals surface area contributed by atoms with Crippen LogP contribution in [0.4, 0.5) is 0 Å². The largest absolute Gasteiger partial charge is 0.462 e. The maximum atomic E-state index is 12.2. The van der Waals surface area contributed by atoms with Gasteiger partial charge in [-0.2, -0.15) is 0 Å². The van der Waals surface area contributed by atoms with Crippen LogP contribution in [-0.4, -0.2) is 48.4 Å². The molecule has 2 saturated carbocycles. The summed E-state index contributed by atoms with van der Waals surface area (Å²) < 4.78 is 13.2. The summed E-state index contributed by atoms with van der Waals surface area (Å²) in [5, 5.41) is 25.5. The van der Waals surface area contributed by atoms with Crippen LogP contribution in [0.2, 0.25) is 5.04 Å². The molecule has 2 N–H and O–H groups in total. The second-order valence-electron chi connectivity index (χ2n) is 12.8. The van der Waals surface area contributed by atoms with Gasteiger partial charge >= 0.3 is 5.97 Å². The summed E-state index contributed by atoms with van der Waals surface area (Å²) in [7, 11) is -2.78. The number of carbonyl (C=O) groups excluding carboxylic acids is 1. The van der Waals surface area contributed by atoms with Crippen LogP contribution in [0.25, 0.3) is 0 Å². The first-order valence-electron chi connectivity index (χ1n) is 14.3. The Labute approximate surface area is 229 Å². The van der Waals surface area contributed by atoms with Crippen LogP contribution in [0.1, 0.15) is 73.6 Å². The van der Waals surface area contributed by atoms with E-state index in [1.807, 2.05) is 26.0 Å². The van der Waals surface area contributed by atoms with E-state index in [0.717, 1.165) is 0 Å². The fraction of sp³-hybridized carbons (Fsp3) is 0.594. The van der Waals surface area contributed by atoms with E-state index in [0.29, 0.717) is 32.1 Å². The van der Waals surface area contributed by atoms with Crippen LogP contribution >= 0.6 is 0 Å². The Morgan fingerprint density at radius 2 is 1.58 bits per heavy atom. The molecular formula is C32H46O5Si. The average Bonchev–Trinajstić information content (AvgIpc) is 3.15. The molecule has 2 fully saturated rings. The van der Waals surface area contributed by atoms with Crippen molar-refractivity contribution in [1.29, 1.82) is 0 Å². The lowest BCUT2D eigenvalue weighted by Crippen LogP contribution is -2.68. The number of rotatable bonds is 7. The highest BCUT2D eigenvalue weighted by Crippen LogP contribution is 2.52. The predicted molar refractivity (Wildman–Crippen MR) is 154 cm³/mol. The van der Waals surface area contributed by atoms with Gasteiger partial charge in [0.1, 0.15) is 6.10 Å². The molecule has 0 aliphatic heterocycles. The third kappa shape index (κ3) is 5.51. The highest BCUT2D eigenvalue weighted by Gasteiger charge is 2.58. The van der Waals surface area contributed by atoms with Gasteiger partial charge in [-0.05, 0) is 52.9 Å².